The van der Waals surface area contributed by atoms with Gasteiger partial charge in [-0.1, -0.05) is 36.4 Å². The third-order valence-electron chi connectivity index (χ3n) is 4.24. The Labute approximate surface area is 164 Å². The molecule has 0 unspecified atom stereocenters. The Balaban J connectivity index is 1.86. The molecular weight excluding hydrogens is 376 g/mol. The van der Waals surface area contributed by atoms with E-state index < -0.39 is 15.9 Å². The number of aliphatic hydroxyl groups is 1. The predicted octanol–water partition coefficient (Wildman–Crippen LogP) is 3.26. The third-order valence-corrected chi connectivity index (χ3v) is 6.02. The lowest BCUT2D eigenvalue weighted by Crippen LogP contribution is -2.26. The molecule has 0 fully saturated rings. The van der Waals surface area contributed by atoms with E-state index in [4.69, 9.17) is 0 Å². The van der Waals surface area contributed by atoms with E-state index in [0.29, 0.717) is 16.9 Å². The molecule has 7 heteroatoms. The van der Waals surface area contributed by atoms with Gasteiger partial charge in [-0.05, 0) is 48.0 Å². The SMILES string of the molecule is CN(c1ccccc1)S(=O)(=O)c1cccc(C(=O)Nc2cccc(CO)c2)c1. The Bertz CT molecular complexity index is 1080. The molecule has 0 aliphatic heterocycles. The van der Waals surface area contributed by atoms with Gasteiger partial charge in [0.1, 0.15) is 0 Å². The van der Waals surface area contributed by atoms with Gasteiger partial charge in [-0.25, -0.2) is 8.42 Å². The van der Waals surface area contributed by atoms with Crippen molar-refractivity contribution in [1.82, 2.24) is 0 Å². The maximum Gasteiger partial charge on any atom is 0.264 e. The maximum atomic E-state index is 12.9. The summed E-state index contributed by atoms with van der Waals surface area (Å²) in [6, 6.07) is 21.4. The van der Waals surface area contributed by atoms with Crippen molar-refractivity contribution in [2.24, 2.45) is 0 Å². The fourth-order valence-electron chi connectivity index (χ4n) is 2.68. The summed E-state index contributed by atoms with van der Waals surface area (Å²) in [7, 11) is -2.34. The summed E-state index contributed by atoms with van der Waals surface area (Å²) in [6.45, 7) is -0.136. The van der Waals surface area contributed by atoms with Crippen molar-refractivity contribution in [2.75, 3.05) is 16.7 Å². The number of sulfonamides is 1. The lowest BCUT2D eigenvalue weighted by atomic mass is 10.2. The molecule has 0 aliphatic rings. The molecule has 1 amide bonds. The average molecular weight is 396 g/mol. The van der Waals surface area contributed by atoms with Gasteiger partial charge in [-0.2, -0.15) is 0 Å². The highest BCUT2D eigenvalue weighted by Gasteiger charge is 2.22. The molecule has 0 saturated heterocycles. The van der Waals surface area contributed by atoms with Gasteiger partial charge in [0.2, 0.25) is 0 Å². The summed E-state index contributed by atoms with van der Waals surface area (Å²) >= 11 is 0. The molecule has 0 bridgehead atoms. The van der Waals surface area contributed by atoms with Crippen LogP contribution in [0, 0.1) is 0 Å². The van der Waals surface area contributed by atoms with Gasteiger partial charge < -0.3 is 10.4 Å². The Morgan fingerprint density at radius 2 is 1.68 bits per heavy atom. The van der Waals surface area contributed by atoms with Crippen LogP contribution in [-0.2, 0) is 16.6 Å². The first-order valence-corrected chi connectivity index (χ1v) is 10.0. The van der Waals surface area contributed by atoms with E-state index in [0.717, 1.165) is 0 Å². The van der Waals surface area contributed by atoms with Crippen LogP contribution in [0.15, 0.2) is 83.8 Å². The minimum absolute atomic E-state index is 0.0237. The second-order valence-corrected chi connectivity index (χ2v) is 8.12. The monoisotopic (exact) mass is 396 g/mol. The number of rotatable bonds is 6. The van der Waals surface area contributed by atoms with Crippen molar-refractivity contribution in [1.29, 1.82) is 0 Å². The van der Waals surface area contributed by atoms with Gasteiger partial charge in [0.05, 0.1) is 17.2 Å². The second kappa shape index (κ2) is 8.24. The van der Waals surface area contributed by atoms with Crippen LogP contribution in [0.1, 0.15) is 15.9 Å². The maximum absolute atomic E-state index is 12.9. The van der Waals surface area contributed by atoms with Gasteiger partial charge in [0, 0.05) is 18.3 Å². The van der Waals surface area contributed by atoms with Gasteiger partial charge in [0.15, 0.2) is 0 Å². The van der Waals surface area contributed by atoms with Gasteiger partial charge >= 0.3 is 0 Å². The summed E-state index contributed by atoms with van der Waals surface area (Å²) in [4.78, 5) is 12.6. The van der Waals surface area contributed by atoms with Gasteiger partial charge in [-0.3, -0.25) is 9.10 Å². The van der Waals surface area contributed by atoms with Crippen LogP contribution in [0.3, 0.4) is 0 Å². The molecule has 0 aliphatic carbocycles. The van der Waals surface area contributed by atoms with E-state index in [2.05, 4.69) is 5.32 Å². The first-order valence-electron chi connectivity index (χ1n) is 8.57. The Morgan fingerprint density at radius 3 is 2.39 bits per heavy atom. The van der Waals surface area contributed by atoms with Crippen LogP contribution in [0.2, 0.25) is 0 Å². The van der Waals surface area contributed by atoms with E-state index in [9.17, 15) is 18.3 Å². The smallest absolute Gasteiger partial charge is 0.264 e. The number of nitrogens with zero attached hydrogens (tertiary/aromatic N) is 1. The molecule has 0 atom stereocenters. The lowest BCUT2D eigenvalue weighted by molar-refractivity contribution is 0.102. The zero-order valence-electron chi connectivity index (χ0n) is 15.2. The first-order chi connectivity index (χ1) is 13.4. The van der Waals surface area contributed by atoms with Crippen LogP contribution in [0.25, 0.3) is 0 Å². The van der Waals surface area contributed by atoms with Gasteiger partial charge in [0.25, 0.3) is 15.9 Å². The fourth-order valence-corrected chi connectivity index (χ4v) is 3.93. The lowest BCUT2D eigenvalue weighted by Gasteiger charge is -2.19. The molecule has 3 aromatic rings. The zero-order chi connectivity index (χ0) is 20.1. The number of hydrogen-bond acceptors (Lipinski definition) is 4. The van der Waals surface area contributed by atoms with Crippen molar-refractivity contribution >= 4 is 27.3 Å². The molecule has 0 saturated carbocycles. The number of benzene rings is 3. The third kappa shape index (κ3) is 4.21. The van der Waals surface area contributed by atoms with Crippen LogP contribution >= 0.6 is 0 Å². The highest BCUT2D eigenvalue weighted by Crippen LogP contribution is 2.22. The predicted molar refractivity (Wildman–Crippen MR) is 109 cm³/mol. The largest absolute Gasteiger partial charge is 0.392 e. The number of para-hydroxylation sites is 1. The van der Waals surface area contributed by atoms with E-state index in [1.54, 1.807) is 60.7 Å². The molecular formula is C21H20N2O4S. The Hall–Kier alpha value is -3.16. The first kappa shape index (κ1) is 19.6. The van der Waals surface area contributed by atoms with Crippen molar-refractivity contribution < 1.29 is 18.3 Å². The highest BCUT2D eigenvalue weighted by atomic mass is 32.2. The van der Waals surface area contributed by atoms with E-state index in [1.807, 2.05) is 0 Å². The summed E-state index contributed by atoms with van der Waals surface area (Å²) in [5.74, 6) is -0.436. The molecule has 2 N–H and O–H groups in total. The van der Waals surface area contributed by atoms with Gasteiger partial charge in [-0.15, -0.1) is 0 Å². The van der Waals surface area contributed by atoms with Crippen molar-refractivity contribution in [3.8, 4) is 0 Å². The number of nitrogens with one attached hydrogen (secondary N) is 1. The molecule has 3 rings (SSSR count). The molecule has 144 valence electrons. The quantitative estimate of drug-likeness (QED) is 0.670. The molecule has 3 aromatic carbocycles. The molecule has 0 heterocycles. The minimum atomic E-state index is -3.81. The van der Waals surface area contributed by atoms with E-state index in [1.165, 1.54) is 29.6 Å². The summed E-state index contributed by atoms with van der Waals surface area (Å²) in [5, 5.41) is 11.9. The van der Waals surface area contributed by atoms with Crippen molar-refractivity contribution in [3.63, 3.8) is 0 Å². The average Bonchev–Trinajstić information content (AvgIpc) is 2.74. The number of amides is 1. The Kier molecular flexibility index (Phi) is 5.77. The summed E-state index contributed by atoms with van der Waals surface area (Å²) < 4.78 is 27.0. The topological polar surface area (TPSA) is 86.7 Å². The molecule has 0 spiro atoms. The van der Waals surface area contributed by atoms with Crippen LogP contribution in [0.4, 0.5) is 11.4 Å². The van der Waals surface area contributed by atoms with E-state index >= 15 is 0 Å². The Morgan fingerprint density at radius 1 is 0.964 bits per heavy atom. The van der Waals surface area contributed by atoms with Crippen molar-refractivity contribution in [2.45, 2.75) is 11.5 Å². The van der Waals surface area contributed by atoms with E-state index in [-0.39, 0.29) is 17.1 Å². The zero-order valence-corrected chi connectivity index (χ0v) is 16.1. The highest BCUT2D eigenvalue weighted by molar-refractivity contribution is 7.92. The molecule has 0 aromatic heterocycles. The number of anilines is 2. The summed E-state index contributed by atoms with van der Waals surface area (Å²) in [6.07, 6.45) is 0. The number of carbonyl (C=O) groups excluding carboxylic acids is 1. The molecule has 6 nitrogen and oxygen atoms in total. The van der Waals surface area contributed by atoms with Crippen molar-refractivity contribution in [3.05, 3.63) is 90.0 Å². The van der Waals surface area contributed by atoms with Crippen LogP contribution in [0.5, 0.6) is 0 Å². The molecule has 28 heavy (non-hydrogen) atoms. The fraction of sp³-hybridized carbons (Fsp3) is 0.0952. The second-order valence-electron chi connectivity index (χ2n) is 6.15. The normalized spacial score (nSPS) is 11.1. The van der Waals surface area contributed by atoms with Crippen LogP contribution < -0.4 is 9.62 Å². The standard InChI is InChI=1S/C21H20N2O4S/c1-23(19-10-3-2-4-11-19)28(26,27)20-12-6-8-17(14-20)21(25)22-18-9-5-7-16(13-18)15-24/h2-14,24H,15H2,1H3,(H,22,25). The van der Waals surface area contributed by atoms with Crippen LogP contribution in [-0.4, -0.2) is 26.5 Å². The number of carbonyl (C=O) groups is 1. The minimum Gasteiger partial charge on any atom is -0.392 e. The number of aliphatic hydroxyl groups excluding tert-OH is 1. The summed E-state index contributed by atoms with van der Waals surface area (Å²) in [5.41, 5.74) is 1.93. The number of hydrogen-bond donors (Lipinski definition) is 2. The molecule has 0 radical (unpaired) electrons.